The van der Waals surface area contributed by atoms with Gasteiger partial charge in [0.25, 0.3) is 0 Å². The van der Waals surface area contributed by atoms with Crippen molar-refractivity contribution in [2.75, 3.05) is 13.1 Å². The molecular formula is C14H19BrFN. The molecule has 0 unspecified atom stereocenters. The minimum atomic E-state index is -0.0732. The number of benzene rings is 1. The molecule has 0 heterocycles. The van der Waals surface area contributed by atoms with Crippen LogP contribution in [0.15, 0.2) is 22.7 Å². The molecule has 1 aromatic carbocycles. The fourth-order valence-electron chi connectivity index (χ4n) is 2.57. The highest BCUT2D eigenvalue weighted by atomic mass is 79.9. The number of nitrogens with one attached hydrogen (secondary N) is 1. The van der Waals surface area contributed by atoms with Crippen molar-refractivity contribution in [3.8, 4) is 0 Å². The maximum Gasteiger partial charge on any atom is 0.126 e. The van der Waals surface area contributed by atoms with Gasteiger partial charge in [-0.3, -0.25) is 0 Å². The van der Waals surface area contributed by atoms with Crippen LogP contribution in [0.5, 0.6) is 0 Å². The second-order valence-electron chi connectivity index (χ2n) is 5.05. The molecule has 0 atom stereocenters. The topological polar surface area (TPSA) is 12.0 Å². The zero-order valence-electron chi connectivity index (χ0n) is 10.2. The number of hydrogen-bond acceptors (Lipinski definition) is 1. The molecule has 17 heavy (non-hydrogen) atoms. The van der Waals surface area contributed by atoms with Gasteiger partial charge in [0, 0.05) is 11.0 Å². The van der Waals surface area contributed by atoms with Gasteiger partial charge in [-0.2, -0.15) is 0 Å². The van der Waals surface area contributed by atoms with Crippen LogP contribution >= 0.6 is 15.9 Å². The summed E-state index contributed by atoms with van der Waals surface area (Å²) in [5.41, 5.74) is 1.13. The Balaban J connectivity index is 2.09. The van der Waals surface area contributed by atoms with Gasteiger partial charge in [-0.25, -0.2) is 4.39 Å². The second-order valence-corrected chi connectivity index (χ2v) is 5.96. The van der Waals surface area contributed by atoms with Gasteiger partial charge in [-0.15, -0.1) is 0 Å². The molecule has 1 N–H and O–H groups in total. The highest BCUT2D eigenvalue weighted by molar-refractivity contribution is 9.10. The van der Waals surface area contributed by atoms with Gasteiger partial charge in [-0.1, -0.05) is 29.3 Å². The molecule has 0 aliphatic heterocycles. The van der Waals surface area contributed by atoms with Gasteiger partial charge in [-0.05, 0) is 55.0 Å². The molecule has 0 amide bonds. The van der Waals surface area contributed by atoms with Crippen LogP contribution in [0.4, 0.5) is 4.39 Å². The average molecular weight is 300 g/mol. The van der Waals surface area contributed by atoms with E-state index in [1.165, 1.54) is 19.3 Å². The highest BCUT2D eigenvalue weighted by Gasteiger charge is 2.37. The van der Waals surface area contributed by atoms with Crippen LogP contribution < -0.4 is 5.32 Å². The smallest absolute Gasteiger partial charge is 0.126 e. The van der Waals surface area contributed by atoms with Crippen LogP contribution in [-0.2, 0) is 6.42 Å². The molecule has 3 heteroatoms. The maximum atomic E-state index is 13.7. The number of hydrogen-bond donors (Lipinski definition) is 1. The number of rotatable bonds is 5. The van der Waals surface area contributed by atoms with Gasteiger partial charge in [0.05, 0.1) is 0 Å². The third kappa shape index (κ3) is 3.08. The normalized spacial score (nSPS) is 17.8. The summed E-state index contributed by atoms with van der Waals surface area (Å²) in [5.74, 6) is -0.0732. The Kier molecular flexibility index (Phi) is 4.21. The Labute approximate surface area is 111 Å². The van der Waals surface area contributed by atoms with E-state index in [0.29, 0.717) is 0 Å². The Morgan fingerprint density at radius 2 is 2.18 bits per heavy atom. The minimum Gasteiger partial charge on any atom is -0.316 e. The molecule has 1 aliphatic carbocycles. The highest BCUT2D eigenvalue weighted by Crippen LogP contribution is 2.43. The summed E-state index contributed by atoms with van der Waals surface area (Å²) < 4.78 is 14.7. The average Bonchev–Trinajstić information content (AvgIpc) is 2.26. The molecule has 0 radical (unpaired) electrons. The predicted octanol–water partition coefficient (Wildman–Crippen LogP) is 3.91. The zero-order chi connectivity index (χ0) is 12.3. The van der Waals surface area contributed by atoms with Crippen LogP contribution in [0.25, 0.3) is 0 Å². The largest absolute Gasteiger partial charge is 0.316 e. The van der Waals surface area contributed by atoms with E-state index in [2.05, 4.69) is 28.2 Å². The summed E-state index contributed by atoms with van der Waals surface area (Å²) >= 11 is 3.41. The van der Waals surface area contributed by atoms with E-state index in [1.54, 1.807) is 12.1 Å². The molecule has 0 saturated heterocycles. The molecular weight excluding hydrogens is 281 g/mol. The molecule has 2 rings (SSSR count). The quantitative estimate of drug-likeness (QED) is 0.869. The van der Waals surface area contributed by atoms with E-state index in [0.717, 1.165) is 29.5 Å². The molecule has 0 spiro atoms. The summed E-state index contributed by atoms with van der Waals surface area (Å²) in [5, 5.41) is 3.41. The van der Waals surface area contributed by atoms with Crippen LogP contribution in [0.1, 0.15) is 31.7 Å². The zero-order valence-corrected chi connectivity index (χ0v) is 11.8. The van der Waals surface area contributed by atoms with Crippen LogP contribution in [0.3, 0.4) is 0 Å². The van der Waals surface area contributed by atoms with Crippen molar-refractivity contribution in [2.45, 2.75) is 32.6 Å². The molecule has 1 saturated carbocycles. The van der Waals surface area contributed by atoms with Gasteiger partial charge < -0.3 is 5.32 Å². The Morgan fingerprint density at radius 1 is 1.41 bits per heavy atom. The van der Waals surface area contributed by atoms with Gasteiger partial charge in [0.2, 0.25) is 0 Å². The summed E-state index contributed by atoms with van der Waals surface area (Å²) in [6, 6.07) is 5.23. The van der Waals surface area contributed by atoms with Crippen LogP contribution in [0.2, 0.25) is 0 Å². The molecule has 1 aliphatic rings. The van der Waals surface area contributed by atoms with Crippen molar-refractivity contribution in [1.82, 2.24) is 5.32 Å². The summed E-state index contributed by atoms with van der Waals surface area (Å²) in [6.45, 7) is 4.12. The van der Waals surface area contributed by atoms with E-state index < -0.39 is 0 Å². The first-order chi connectivity index (χ1) is 8.15. The van der Waals surface area contributed by atoms with E-state index in [4.69, 9.17) is 0 Å². The first-order valence-electron chi connectivity index (χ1n) is 6.30. The Bertz CT molecular complexity index is 388. The van der Waals surface area contributed by atoms with Crippen molar-refractivity contribution in [3.05, 3.63) is 34.1 Å². The molecule has 1 nitrogen and oxygen atoms in total. The van der Waals surface area contributed by atoms with E-state index >= 15 is 0 Å². The fraction of sp³-hybridized carbons (Fsp3) is 0.571. The van der Waals surface area contributed by atoms with Crippen molar-refractivity contribution in [1.29, 1.82) is 0 Å². The molecule has 1 fully saturated rings. The van der Waals surface area contributed by atoms with E-state index in [1.807, 2.05) is 6.07 Å². The van der Waals surface area contributed by atoms with Crippen molar-refractivity contribution in [2.24, 2.45) is 5.41 Å². The molecule has 0 aromatic heterocycles. The van der Waals surface area contributed by atoms with Crippen LogP contribution in [-0.4, -0.2) is 13.1 Å². The maximum absolute atomic E-state index is 13.7. The minimum absolute atomic E-state index is 0.0732. The van der Waals surface area contributed by atoms with E-state index in [9.17, 15) is 4.39 Å². The third-order valence-electron chi connectivity index (χ3n) is 3.74. The molecule has 0 bridgehead atoms. The monoisotopic (exact) mass is 299 g/mol. The van der Waals surface area contributed by atoms with Gasteiger partial charge in [0.1, 0.15) is 5.82 Å². The predicted molar refractivity (Wildman–Crippen MR) is 72.6 cm³/mol. The van der Waals surface area contributed by atoms with E-state index in [-0.39, 0.29) is 11.2 Å². The lowest BCUT2D eigenvalue weighted by atomic mass is 9.65. The summed E-state index contributed by atoms with van der Waals surface area (Å²) in [7, 11) is 0. The lowest BCUT2D eigenvalue weighted by molar-refractivity contribution is 0.129. The first kappa shape index (κ1) is 13.0. The lowest BCUT2D eigenvalue weighted by Gasteiger charge is -2.42. The fourth-order valence-corrected chi connectivity index (χ4v) is 2.97. The van der Waals surface area contributed by atoms with Crippen molar-refractivity contribution >= 4 is 15.9 Å². The lowest BCUT2D eigenvalue weighted by Crippen LogP contribution is -2.41. The molecule has 1 aromatic rings. The van der Waals surface area contributed by atoms with Crippen molar-refractivity contribution < 1.29 is 4.39 Å². The summed E-state index contributed by atoms with van der Waals surface area (Å²) in [4.78, 5) is 0. The van der Waals surface area contributed by atoms with Gasteiger partial charge in [0.15, 0.2) is 0 Å². The Morgan fingerprint density at radius 3 is 2.76 bits per heavy atom. The summed E-state index contributed by atoms with van der Waals surface area (Å²) in [6.07, 6.45) is 4.56. The number of halogens is 2. The standard InChI is InChI=1S/C14H19BrFN/c1-2-17-10-14(6-3-7-14)9-11-8-12(15)4-5-13(11)16/h4-5,8,17H,2-3,6-7,9-10H2,1H3. The SMILES string of the molecule is CCNCC1(Cc2cc(Br)ccc2F)CCC1. The Hall–Kier alpha value is -0.410. The third-order valence-corrected chi connectivity index (χ3v) is 4.23. The molecule has 94 valence electrons. The first-order valence-corrected chi connectivity index (χ1v) is 7.09. The van der Waals surface area contributed by atoms with Crippen molar-refractivity contribution in [3.63, 3.8) is 0 Å². The second kappa shape index (κ2) is 5.49. The van der Waals surface area contributed by atoms with Gasteiger partial charge >= 0.3 is 0 Å². The van der Waals surface area contributed by atoms with Crippen LogP contribution in [0, 0.1) is 11.2 Å².